The number of carbonyl (C=O) groups excluding carboxylic acids is 2. The average molecular weight is 418 g/mol. The van der Waals surface area contributed by atoms with Crippen molar-refractivity contribution in [1.29, 1.82) is 0 Å². The molecule has 2 aliphatic rings. The lowest BCUT2D eigenvalue weighted by Gasteiger charge is -2.41. The molecule has 1 fully saturated rings. The van der Waals surface area contributed by atoms with E-state index in [1.54, 1.807) is 13.0 Å². The van der Waals surface area contributed by atoms with Gasteiger partial charge in [0.15, 0.2) is 6.29 Å². The fourth-order valence-corrected chi connectivity index (χ4v) is 3.18. The summed E-state index contributed by atoms with van der Waals surface area (Å²) in [4.78, 5) is 23.9. The Labute approximate surface area is 167 Å². The van der Waals surface area contributed by atoms with Crippen molar-refractivity contribution < 1.29 is 53.7 Å². The average Bonchev–Trinajstić information content (AvgIpc) is 2.73. The van der Waals surface area contributed by atoms with Gasteiger partial charge in [0.1, 0.15) is 24.4 Å². The second-order valence-electron chi connectivity index (χ2n) is 6.49. The predicted molar refractivity (Wildman–Crippen MR) is 93.7 cm³/mol. The van der Waals surface area contributed by atoms with Crippen molar-refractivity contribution in [3.05, 3.63) is 23.5 Å². The highest BCUT2D eigenvalue weighted by Crippen LogP contribution is 2.36. The van der Waals surface area contributed by atoms with Crippen molar-refractivity contribution in [2.45, 2.75) is 50.3 Å². The van der Waals surface area contributed by atoms with Crippen molar-refractivity contribution >= 4 is 11.9 Å². The maximum atomic E-state index is 12.1. The molecule has 0 saturated carbocycles. The van der Waals surface area contributed by atoms with Crippen molar-refractivity contribution in [3.63, 3.8) is 0 Å². The molecular formula is C18H26O11. The van der Waals surface area contributed by atoms with Gasteiger partial charge >= 0.3 is 11.9 Å². The fraction of sp³-hybridized carbons (Fsp3) is 0.667. The van der Waals surface area contributed by atoms with E-state index < -0.39 is 61.5 Å². The Hall–Kier alpha value is -2.02. The second kappa shape index (κ2) is 10.1. The second-order valence-corrected chi connectivity index (χ2v) is 6.49. The number of ether oxygens (including phenoxy) is 5. The SMILES string of the molecule is CC=C1C(OC2OC(CO)C(O)C(O)C2O)OC=C(C(=O)OC)C1CC(=O)OC. The van der Waals surface area contributed by atoms with Crippen LogP contribution in [0.2, 0.25) is 0 Å². The Balaban J connectivity index is 2.27. The van der Waals surface area contributed by atoms with Crippen LogP contribution >= 0.6 is 0 Å². The quantitative estimate of drug-likeness (QED) is 0.289. The molecule has 0 spiro atoms. The van der Waals surface area contributed by atoms with Crippen LogP contribution < -0.4 is 0 Å². The molecule has 0 aliphatic carbocycles. The van der Waals surface area contributed by atoms with Gasteiger partial charge in [-0.3, -0.25) is 4.79 Å². The van der Waals surface area contributed by atoms with Crippen LogP contribution in [0.15, 0.2) is 23.5 Å². The Morgan fingerprint density at radius 2 is 1.83 bits per heavy atom. The van der Waals surface area contributed by atoms with Crippen molar-refractivity contribution in [2.75, 3.05) is 20.8 Å². The van der Waals surface area contributed by atoms with Gasteiger partial charge in [0, 0.05) is 11.5 Å². The minimum Gasteiger partial charge on any atom is -0.469 e. The lowest BCUT2D eigenvalue weighted by Crippen LogP contribution is -2.60. The van der Waals surface area contributed by atoms with Gasteiger partial charge in [-0.2, -0.15) is 0 Å². The number of allylic oxidation sites excluding steroid dienone is 1. The molecular weight excluding hydrogens is 392 g/mol. The molecule has 0 aromatic carbocycles. The van der Waals surface area contributed by atoms with Gasteiger partial charge in [0.05, 0.1) is 39.1 Å². The van der Waals surface area contributed by atoms with Gasteiger partial charge in [0.25, 0.3) is 0 Å². The molecule has 0 bridgehead atoms. The van der Waals surface area contributed by atoms with Gasteiger partial charge in [-0.25, -0.2) is 4.79 Å². The topological polar surface area (TPSA) is 161 Å². The minimum atomic E-state index is -1.64. The van der Waals surface area contributed by atoms with Crippen LogP contribution in [0.1, 0.15) is 13.3 Å². The van der Waals surface area contributed by atoms with E-state index in [-0.39, 0.29) is 12.0 Å². The van der Waals surface area contributed by atoms with E-state index >= 15 is 0 Å². The van der Waals surface area contributed by atoms with Crippen molar-refractivity contribution in [1.82, 2.24) is 0 Å². The Morgan fingerprint density at radius 3 is 2.38 bits per heavy atom. The predicted octanol–water partition coefficient (Wildman–Crippen LogP) is -1.66. The molecule has 29 heavy (non-hydrogen) atoms. The monoisotopic (exact) mass is 418 g/mol. The normalized spacial score (nSPS) is 36.2. The molecule has 2 heterocycles. The number of esters is 2. The first-order valence-corrected chi connectivity index (χ1v) is 8.91. The van der Waals surface area contributed by atoms with Crippen LogP contribution in [-0.2, 0) is 33.3 Å². The zero-order valence-electron chi connectivity index (χ0n) is 16.3. The first-order chi connectivity index (χ1) is 13.8. The first kappa shape index (κ1) is 23.3. The highest BCUT2D eigenvalue weighted by Gasteiger charge is 2.46. The number of aliphatic hydroxyl groups excluding tert-OH is 4. The van der Waals surface area contributed by atoms with Gasteiger partial charge < -0.3 is 44.1 Å². The summed E-state index contributed by atoms with van der Waals surface area (Å²) in [5.74, 6) is -2.08. The summed E-state index contributed by atoms with van der Waals surface area (Å²) in [6.45, 7) is 1.01. The third kappa shape index (κ3) is 4.94. The van der Waals surface area contributed by atoms with Crippen LogP contribution in [0, 0.1) is 5.92 Å². The molecule has 2 rings (SSSR count). The Bertz CT molecular complexity index is 656. The maximum absolute atomic E-state index is 12.1. The molecule has 11 heteroatoms. The summed E-state index contributed by atoms with van der Waals surface area (Å²) in [5.41, 5.74) is 0.426. The van der Waals surface area contributed by atoms with E-state index in [0.29, 0.717) is 5.57 Å². The number of hydrogen-bond acceptors (Lipinski definition) is 11. The van der Waals surface area contributed by atoms with E-state index in [9.17, 15) is 30.0 Å². The van der Waals surface area contributed by atoms with Crippen molar-refractivity contribution in [2.24, 2.45) is 5.92 Å². The fourth-order valence-electron chi connectivity index (χ4n) is 3.18. The number of carbonyl (C=O) groups is 2. The number of hydrogen-bond donors (Lipinski definition) is 4. The smallest absolute Gasteiger partial charge is 0.337 e. The lowest BCUT2D eigenvalue weighted by molar-refractivity contribution is -0.327. The molecule has 7 unspecified atom stereocenters. The molecule has 0 radical (unpaired) electrons. The van der Waals surface area contributed by atoms with Crippen molar-refractivity contribution in [3.8, 4) is 0 Å². The molecule has 164 valence electrons. The van der Waals surface area contributed by atoms with Gasteiger partial charge in [-0.15, -0.1) is 0 Å². The maximum Gasteiger partial charge on any atom is 0.337 e. The third-order valence-electron chi connectivity index (χ3n) is 4.83. The van der Waals surface area contributed by atoms with Crippen LogP contribution in [0.3, 0.4) is 0 Å². The number of aliphatic hydroxyl groups is 4. The standard InChI is InChI=1S/C18H26O11/c1-4-8-9(5-12(20)25-2)10(16(24)26-3)7-27-17(8)29-18-15(23)14(22)13(21)11(6-19)28-18/h4,7,9,11,13-15,17-19,21-23H,5-6H2,1-3H3. The summed E-state index contributed by atoms with van der Waals surface area (Å²) in [5, 5.41) is 39.2. The molecule has 0 aromatic rings. The largest absolute Gasteiger partial charge is 0.469 e. The Morgan fingerprint density at radius 1 is 1.14 bits per heavy atom. The van der Waals surface area contributed by atoms with Crippen LogP contribution in [-0.4, -0.2) is 90.2 Å². The summed E-state index contributed by atoms with van der Waals surface area (Å²) < 4.78 is 25.8. The molecule has 7 atom stereocenters. The minimum absolute atomic E-state index is 0.0691. The highest BCUT2D eigenvalue weighted by atomic mass is 16.8. The van der Waals surface area contributed by atoms with Crippen LogP contribution in [0.25, 0.3) is 0 Å². The van der Waals surface area contributed by atoms with Gasteiger partial charge in [-0.05, 0) is 6.92 Å². The van der Waals surface area contributed by atoms with E-state index in [4.69, 9.17) is 18.9 Å². The number of rotatable bonds is 6. The summed E-state index contributed by atoms with van der Waals surface area (Å²) >= 11 is 0. The third-order valence-corrected chi connectivity index (χ3v) is 4.83. The molecule has 1 saturated heterocycles. The van der Waals surface area contributed by atoms with E-state index in [1.165, 1.54) is 14.2 Å². The van der Waals surface area contributed by atoms with Crippen LogP contribution in [0.4, 0.5) is 0 Å². The summed E-state index contributed by atoms with van der Waals surface area (Å²) in [7, 11) is 2.39. The van der Waals surface area contributed by atoms with Gasteiger partial charge in [0.2, 0.25) is 6.29 Å². The number of methoxy groups -OCH3 is 2. The Kier molecular flexibility index (Phi) is 8.14. The summed E-state index contributed by atoms with van der Waals surface area (Å²) in [6, 6.07) is 0. The first-order valence-electron chi connectivity index (χ1n) is 8.91. The zero-order valence-corrected chi connectivity index (χ0v) is 16.3. The molecule has 4 N–H and O–H groups in total. The summed E-state index contributed by atoms with van der Waals surface area (Å²) in [6.07, 6.45) is -6.17. The lowest BCUT2D eigenvalue weighted by atomic mass is 9.86. The highest BCUT2D eigenvalue weighted by molar-refractivity contribution is 5.90. The van der Waals surface area contributed by atoms with E-state index in [1.807, 2.05) is 0 Å². The zero-order chi connectivity index (χ0) is 21.7. The molecule has 0 aromatic heterocycles. The molecule has 0 amide bonds. The van der Waals surface area contributed by atoms with Crippen LogP contribution in [0.5, 0.6) is 0 Å². The van der Waals surface area contributed by atoms with Gasteiger partial charge in [-0.1, -0.05) is 6.08 Å². The van der Waals surface area contributed by atoms with E-state index in [0.717, 1.165) is 6.26 Å². The molecule has 11 nitrogen and oxygen atoms in total. The van der Waals surface area contributed by atoms with E-state index in [2.05, 4.69) is 4.74 Å². The molecule has 2 aliphatic heterocycles.